The molecule has 84 valence electrons. The molecule has 1 aliphatic heterocycles. The average Bonchev–Trinajstić information content (AvgIpc) is 2.20. The van der Waals surface area contributed by atoms with E-state index in [-0.39, 0.29) is 0 Å². The maximum Gasteiger partial charge on any atom is 0.282 e. The Hall–Kier alpha value is -0.170. The second kappa shape index (κ2) is 5.06. The lowest BCUT2D eigenvalue weighted by Crippen LogP contribution is -2.51. The van der Waals surface area contributed by atoms with Gasteiger partial charge in [-0.05, 0) is 0 Å². The summed E-state index contributed by atoms with van der Waals surface area (Å²) in [6.07, 6.45) is 0. The summed E-state index contributed by atoms with van der Waals surface area (Å²) in [6.45, 7) is 7.48. The number of nitrogens with one attached hydrogen (secondary N) is 1. The molecule has 0 amide bonds. The van der Waals surface area contributed by atoms with Crippen LogP contribution in [0.15, 0.2) is 0 Å². The fourth-order valence-electron chi connectivity index (χ4n) is 1.59. The van der Waals surface area contributed by atoms with Crippen molar-refractivity contribution in [1.29, 1.82) is 0 Å². The fraction of sp³-hybridized carbons (Fsp3) is 1.00. The van der Waals surface area contributed by atoms with Gasteiger partial charge in [0.1, 0.15) is 0 Å². The van der Waals surface area contributed by atoms with Crippen molar-refractivity contribution >= 4 is 10.2 Å². The zero-order chi connectivity index (χ0) is 10.6. The molecule has 0 spiro atoms. The van der Waals surface area contributed by atoms with Gasteiger partial charge in [0.05, 0.1) is 0 Å². The number of hydrogen-bond acceptors (Lipinski definition) is 3. The molecule has 0 radical (unpaired) electrons. The van der Waals surface area contributed by atoms with Crippen molar-refractivity contribution in [3.05, 3.63) is 0 Å². The van der Waals surface area contributed by atoms with Crippen molar-refractivity contribution in [2.45, 2.75) is 13.8 Å². The summed E-state index contributed by atoms with van der Waals surface area (Å²) < 4.78 is 27.0. The first-order valence-electron chi connectivity index (χ1n) is 5.08. The molecule has 0 saturated carbocycles. The van der Waals surface area contributed by atoms with Gasteiger partial charge in [0.25, 0.3) is 10.2 Å². The summed E-state index contributed by atoms with van der Waals surface area (Å²) in [6, 6.07) is 0. The van der Waals surface area contributed by atoms with Gasteiger partial charge in [0, 0.05) is 39.3 Å². The predicted molar refractivity (Wildman–Crippen MR) is 56.3 cm³/mol. The maximum atomic E-state index is 12.0. The molecule has 1 fully saturated rings. The van der Waals surface area contributed by atoms with Gasteiger partial charge < -0.3 is 5.32 Å². The molecule has 0 aromatic rings. The Morgan fingerprint density at radius 3 is 2.14 bits per heavy atom. The molecule has 1 rings (SSSR count). The van der Waals surface area contributed by atoms with Gasteiger partial charge in [-0.2, -0.15) is 17.0 Å². The number of hydrogen-bond donors (Lipinski definition) is 1. The average molecular weight is 221 g/mol. The molecule has 0 unspecified atom stereocenters. The molecule has 6 heteroatoms. The van der Waals surface area contributed by atoms with Crippen LogP contribution in [-0.4, -0.2) is 56.3 Å². The standard InChI is InChI=1S/C8H19N3O2S/c1-3-10(4-2)14(12,13)11-7-5-9-6-8-11/h9H,3-8H2,1-2H3. The van der Waals surface area contributed by atoms with E-state index >= 15 is 0 Å². The second-order valence-corrected chi connectivity index (χ2v) is 5.17. The summed E-state index contributed by atoms with van der Waals surface area (Å²) in [4.78, 5) is 0. The van der Waals surface area contributed by atoms with E-state index in [2.05, 4.69) is 5.32 Å². The van der Waals surface area contributed by atoms with Gasteiger partial charge in [0.15, 0.2) is 0 Å². The zero-order valence-corrected chi connectivity index (χ0v) is 9.68. The summed E-state index contributed by atoms with van der Waals surface area (Å²) >= 11 is 0. The van der Waals surface area contributed by atoms with E-state index < -0.39 is 10.2 Å². The van der Waals surface area contributed by atoms with Crippen molar-refractivity contribution in [1.82, 2.24) is 13.9 Å². The van der Waals surface area contributed by atoms with Gasteiger partial charge in [0.2, 0.25) is 0 Å². The lowest BCUT2D eigenvalue weighted by atomic mass is 10.4. The van der Waals surface area contributed by atoms with Gasteiger partial charge in [-0.25, -0.2) is 0 Å². The van der Waals surface area contributed by atoms with E-state index in [1.807, 2.05) is 13.8 Å². The minimum atomic E-state index is -3.20. The van der Waals surface area contributed by atoms with Gasteiger partial charge in [-0.3, -0.25) is 0 Å². The van der Waals surface area contributed by atoms with E-state index in [4.69, 9.17) is 0 Å². The molecule has 14 heavy (non-hydrogen) atoms. The lowest BCUT2D eigenvalue weighted by Gasteiger charge is -2.31. The Bertz CT molecular complexity index is 256. The van der Waals surface area contributed by atoms with Crippen molar-refractivity contribution in [3.8, 4) is 0 Å². The fourth-order valence-corrected chi connectivity index (χ4v) is 3.21. The Morgan fingerprint density at radius 1 is 1.21 bits per heavy atom. The predicted octanol–water partition coefficient (Wildman–Crippen LogP) is -0.522. The normalized spacial score (nSPS) is 20.2. The third-order valence-corrected chi connectivity index (χ3v) is 4.62. The molecule has 0 aromatic carbocycles. The molecule has 0 atom stereocenters. The highest BCUT2D eigenvalue weighted by atomic mass is 32.2. The van der Waals surface area contributed by atoms with Gasteiger partial charge in [-0.15, -0.1) is 0 Å². The van der Waals surface area contributed by atoms with Gasteiger partial charge >= 0.3 is 0 Å². The summed E-state index contributed by atoms with van der Waals surface area (Å²) in [5.74, 6) is 0. The first-order chi connectivity index (χ1) is 6.62. The van der Waals surface area contributed by atoms with E-state index in [1.54, 1.807) is 4.31 Å². The molecular weight excluding hydrogens is 202 g/mol. The summed E-state index contributed by atoms with van der Waals surface area (Å²) in [5.41, 5.74) is 0. The SMILES string of the molecule is CCN(CC)S(=O)(=O)N1CCNCC1. The molecule has 1 heterocycles. The Labute approximate surface area is 86.3 Å². The smallest absolute Gasteiger partial charge is 0.282 e. The molecule has 0 aromatic heterocycles. The van der Waals surface area contributed by atoms with Crippen molar-refractivity contribution in [3.63, 3.8) is 0 Å². The number of rotatable bonds is 4. The van der Waals surface area contributed by atoms with Crippen LogP contribution in [0.4, 0.5) is 0 Å². The molecule has 0 bridgehead atoms. The molecule has 5 nitrogen and oxygen atoms in total. The molecular formula is C8H19N3O2S. The first kappa shape index (κ1) is 11.9. The van der Waals surface area contributed by atoms with E-state index in [0.717, 1.165) is 13.1 Å². The minimum absolute atomic E-state index is 0.544. The molecule has 1 N–H and O–H groups in total. The quantitative estimate of drug-likeness (QED) is 0.695. The monoisotopic (exact) mass is 221 g/mol. The maximum absolute atomic E-state index is 12.0. The van der Waals surface area contributed by atoms with Crippen LogP contribution in [0.1, 0.15) is 13.8 Å². The first-order valence-corrected chi connectivity index (χ1v) is 6.48. The number of nitrogens with zero attached hydrogens (tertiary/aromatic N) is 2. The zero-order valence-electron chi connectivity index (χ0n) is 8.86. The van der Waals surface area contributed by atoms with Crippen LogP contribution in [0.5, 0.6) is 0 Å². The van der Waals surface area contributed by atoms with E-state index in [1.165, 1.54) is 4.31 Å². The molecule has 1 aliphatic rings. The van der Waals surface area contributed by atoms with Crippen LogP contribution in [0, 0.1) is 0 Å². The largest absolute Gasteiger partial charge is 0.314 e. The van der Waals surface area contributed by atoms with Crippen molar-refractivity contribution in [2.24, 2.45) is 0 Å². The number of piperazine rings is 1. The molecule has 1 saturated heterocycles. The highest BCUT2D eigenvalue weighted by Gasteiger charge is 2.28. The topological polar surface area (TPSA) is 52.7 Å². The second-order valence-electron chi connectivity index (χ2n) is 3.24. The van der Waals surface area contributed by atoms with Crippen LogP contribution in [0.3, 0.4) is 0 Å². The van der Waals surface area contributed by atoms with Crippen molar-refractivity contribution in [2.75, 3.05) is 39.3 Å². The Balaban J connectivity index is 2.71. The van der Waals surface area contributed by atoms with Crippen LogP contribution in [0.2, 0.25) is 0 Å². The summed E-state index contributed by atoms with van der Waals surface area (Å²) in [5, 5.41) is 3.14. The highest BCUT2D eigenvalue weighted by Crippen LogP contribution is 2.08. The van der Waals surface area contributed by atoms with Crippen LogP contribution < -0.4 is 5.32 Å². The van der Waals surface area contributed by atoms with Crippen LogP contribution >= 0.6 is 0 Å². The molecule has 0 aliphatic carbocycles. The Morgan fingerprint density at radius 2 is 1.71 bits per heavy atom. The van der Waals surface area contributed by atoms with Crippen molar-refractivity contribution < 1.29 is 8.42 Å². The third-order valence-electron chi connectivity index (χ3n) is 2.43. The van der Waals surface area contributed by atoms with Crippen LogP contribution in [0.25, 0.3) is 0 Å². The third kappa shape index (κ3) is 2.44. The lowest BCUT2D eigenvalue weighted by molar-refractivity contribution is 0.319. The highest BCUT2D eigenvalue weighted by molar-refractivity contribution is 7.86. The Kier molecular flexibility index (Phi) is 4.31. The van der Waals surface area contributed by atoms with Crippen LogP contribution in [-0.2, 0) is 10.2 Å². The summed E-state index contributed by atoms with van der Waals surface area (Å²) in [7, 11) is -3.20. The van der Waals surface area contributed by atoms with E-state index in [9.17, 15) is 8.42 Å². The van der Waals surface area contributed by atoms with E-state index in [0.29, 0.717) is 26.2 Å². The minimum Gasteiger partial charge on any atom is -0.314 e. The van der Waals surface area contributed by atoms with Gasteiger partial charge in [-0.1, -0.05) is 13.8 Å².